The Kier molecular flexibility index (Phi) is 5.34. The molecule has 0 aromatic heterocycles. The van der Waals surface area contributed by atoms with Gasteiger partial charge in [-0.2, -0.15) is 0 Å². The van der Waals surface area contributed by atoms with Gasteiger partial charge in [0.1, 0.15) is 0 Å². The van der Waals surface area contributed by atoms with Gasteiger partial charge in [-0.05, 0) is 39.2 Å². The topological polar surface area (TPSA) is 21.3 Å². The molecule has 15 heavy (non-hydrogen) atoms. The first kappa shape index (κ1) is 12.7. The lowest BCUT2D eigenvalue weighted by molar-refractivity contribution is -0.0362. The largest absolute Gasteiger partial charge is 0.377 e. The maximum atomic E-state index is 5.79. The predicted molar refractivity (Wildman–Crippen MR) is 65.1 cm³/mol. The Morgan fingerprint density at radius 2 is 2.13 bits per heavy atom. The number of likely N-dealkylation sites (N-methyl/N-ethyl adjacent to an activating group) is 1. The predicted octanol–water partition coefficient (Wildman–Crippen LogP) is 2.89. The van der Waals surface area contributed by atoms with Gasteiger partial charge in [0.15, 0.2) is 0 Å². The summed E-state index contributed by atoms with van der Waals surface area (Å²) in [5, 5.41) is 3.44. The molecular formula is C13H25NO. The third-order valence-electron chi connectivity index (χ3n) is 3.74. The molecule has 0 aromatic rings. The number of allylic oxidation sites excluding steroid dienone is 1. The summed E-state index contributed by atoms with van der Waals surface area (Å²) >= 11 is 0. The average Bonchev–Trinajstić information content (AvgIpc) is 2.74. The van der Waals surface area contributed by atoms with Crippen LogP contribution in [-0.2, 0) is 4.74 Å². The molecule has 0 saturated heterocycles. The van der Waals surface area contributed by atoms with Crippen molar-refractivity contribution in [1.29, 1.82) is 0 Å². The van der Waals surface area contributed by atoms with Crippen LogP contribution in [0.1, 0.15) is 44.9 Å². The summed E-state index contributed by atoms with van der Waals surface area (Å²) in [4.78, 5) is 0. The molecule has 1 rings (SSSR count). The van der Waals surface area contributed by atoms with E-state index in [0.717, 1.165) is 6.42 Å². The van der Waals surface area contributed by atoms with Crippen molar-refractivity contribution in [2.24, 2.45) is 0 Å². The van der Waals surface area contributed by atoms with E-state index in [-0.39, 0.29) is 5.60 Å². The molecule has 1 aliphatic rings. The van der Waals surface area contributed by atoms with Crippen molar-refractivity contribution in [3.05, 3.63) is 12.7 Å². The molecule has 0 radical (unpaired) electrons. The third-order valence-corrected chi connectivity index (χ3v) is 3.74. The molecule has 1 unspecified atom stereocenters. The Hall–Kier alpha value is -0.340. The van der Waals surface area contributed by atoms with Gasteiger partial charge in [-0.3, -0.25) is 0 Å². The van der Waals surface area contributed by atoms with E-state index in [1.807, 2.05) is 13.2 Å². The lowest BCUT2D eigenvalue weighted by Crippen LogP contribution is -2.49. The number of nitrogens with one attached hydrogen (secondary N) is 1. The summed E-state index contributed by atoms with van der Waals surface area (Å²) in [7, 11) is 3.92. The summed E-state index contributed by atoms with van der Waals surface area (Å²) in [5.74, 6) is 0. The molecular weight excluding hydrogens is 186 g/mol. The van der Waals surface area contributed by atoms with Gasteiger partial charge < -0.3 is 10.1 Å². The van der Waals surface area contributed by atoms with Crippen molar-refractivity contribution >= 4 is 0 Å². The van der Waals surface area contributed by atoms with Crippen molar-refractivity contribution in [3.8, 4) is 0 Å². The second-order valence-corrected chi connectivity index (χ2v) is 4.54. The molecule has 1 atom stereocenters. The van der Waals surface area contributed by atoms with Crippen molar-refractivity contribution < 1.29 is 4.74 Å². The standard InChI is InChI=1S/C13H25NO/c1-4-5-6-9-12(14-2)13(15-3)10-7-8-11-13/h4,12,14H,1,5-11H2,2-3H3. The molecule has 0 heterocycles. The van der Waals surface area contributed by atoms with E-state index in [4.69, 9.17) is 4.74 Å². The summed E-state index contributed by atoms with van der Waals surface area (Å²) in [5.41, 5.74) is 0.107. The van der Waals surface area contributed by atoms with Crippen LogP contribution < -0.4 is 5.32 Å². The number of rotatable bonds is 7. The second kappa shape index (κ2) is 6.29. The van der Waals surface area contributed by atoms with Gasteiger partial charge in [0, 0.05) is 13.2 Å². The van der Waals surface area contributed by atoms with E-state index in [1.165, 1.54) is 38.5 Å². The maximum absolute atomic E-state index is 5.79. The molecule has 0 aromatic carbocycles. The average molecular weight is 211 g/mol. The number of methoxy groups -OCH3 is 1. The highest BCUT2D eigenvalue weighted by atomic mass is 16.5. The number of hydrogen-bond donors (Lipinski definition) is 1. The normalized spacial score (nSPS) is 21.5. The summed E-state index contributed by atoms with van der Waals surface area (Å²) in [6.45, 7) is 3.77. The lowest BCUT2D eigenvalue weighted by Gasteiger charge is -2.36. The molecule has 0 aliphatic heterocycles. The van der Waals surface area contributed by atoms with Crippen LogP contribution in [0.2, 0.25) is 0 Å². The number of hydrogen-bond acceptors (Lipinski definition) is 2. The van der Waals surface area contributed by atoms with Crippen LogP contribution in [0.15, 0.2) is 12.7 Å². The Morgan fingerprint density at radius 3 is 2.60 bits per heavy atom. The van der Waals surface area contributed by atoms with Gasteiger partial charge in [-0.15, -0.1) is 6.58 Å². The fourth-order valence-electron chi connectivity index (χ4n) is 2.81. The van der Waals surface area contributed by atoms with Crippen molar-refractivity contribution in [2.75, 3.05) is 14.2 Å². The van der Waals surface area contributed by atoms with Gasteiger partial charge in [-0.25, -0.2) is 0 Å². The van der Waals surface area contributed by atoms with Crippen LogP contribution in [0.5, 0.6) is 0 Å². The molecule has 0 bridgehead atoms. The first-order chi connectivity index (χ1) is 7.29. The first-order valence-electron chi connectivity index (χ1n) is 6.12. The SMILES string of the molecule is C=CCCCC(NC)C1(OC)CCCC1. The first-order valence-corrected chi connectivity index (χ1v) is 6.12. The van der Waals surface area contributed by atoms with Crippen LogP contribution in [0.25, 0.3) is 0 Å². The smallest absolute Gasteiger partial charge is 0.0830 e. The monoisotopic (exact) mass is 211 g/mol. The Balaban J connectivity index is 2.50. The van der Waals surface area contributed by atoms with Gasteiger partial charge in [-0.1, -0.05) is 18.9 Å². The van der Waals surface area contributed by atoms with Crippen molar-refractivity contribution in [1.82, 2.24) is 5.32 Å². The maximum Gasteiger partial charge on any atom is 0.0830 e. The van der Waals surface area contributed by atoms with Gasteiger partial charge in [0.2, 0.25) is 0 Å². The molecule has 2 heteroatoms. The zero-order valence-electron chi connectivity index (χ0n) is 10.2. The molecule has 88 valence electrons. The molecule has 1 N–H and O–H groups in total. The van der Waals surface area contributed by atoms with E-state index in [2.05, 4.69) is 18.9 Å². The Bertz CT molecular complexity index is 185. The fraction of sp³-hybridized carbons (Fsp3) is 0.846. The van der Waals surface area contributed by atoms with E-state index in [0.29, 0.717) is 6.04 Å². The quantitative estimate of drug-likeness (QED) is 0.516. The molecule has 2 nitrogen and oxygen atoms in total. The van der Waals surface area contributed by atoms with Crippen LogP contribution in [-0.4, -0.2) is 25.8 Å². The van der Waals surface area contributed by atoms with Crippen LogP contribution in [0.4, 0.5) is 0 Å². The molecule has 1 fully saturated rings. The number of ether oxygens (including phenoxy) is 1. The summed E-state index contributed by atoms with van der Waals surface area (Å²) < 4.78 is 5.79. The summed E-state index contributed by atoms with van der Waals surface area (Å²) in [6, 6.07) is 0.505. The Labute approximate surface area is 94.1 Å². The minimum absolute atomic E-state index is 0.107. The minimum atomic E-state index is 0.107. The molecule has 0 spiro atoms. The van der Waals surface area contributed by atoms with Gasteiger partial charge in [0.25, 0.3) is 0 Å². The third kappa shape index (κ3) is 3.05. The zero-order valence-corrected chi connectivity index (χ0v) is 10.2. The van der Waals surface area contributed by atoms with Crippen molar-refractivity contribution in [2.45, 2.75) is 56.6 Å². The summed E-state index contributed by atoms with van der Waals surface area (Å²) in [6.07, 6.45) is 10.6. The molecule has 1 saturated carbocycles. The van der Waals surface area contributed by atoms with Crippen LogP contribution >= 0.6 is 0 Å². The molecule has 1 aliphatic carbocycles. The van der Waals surface area contributed by atoms with Gasteiger partial charge in [0.05, 0.1) is 5.60 Å². The fourth-order valence-corrected chi connectivity index (χ4v) is 2.81. The van der Waals surface area contributed by atoms with E-state index in [9.17, 15) is 0 Å². The van der Waals surface area contributed by atoms with Crippen molar-refractivity contribution in [3.63, 3.8) is 0 Å². The highest BCUT2D eigenvalue weighted by Gasteiger charge is 2.40. The van der Waals surface area contributed by atoms with Gasteiger partial charge >= 0.3 is 0 Å². The van der Waals surface area contributed by atoms with E-state index < -0.39 is 0 Å². The highest BCUT2D eigenvalue weighted by molar-refractivity contribution is 4.96. The zero-order chi connectivity index (χ0) is 11.1. The highest BCUT2D eigenvalue weighted by Crippen LogP contribution is 2.37. The number of unbranched alkanes of at least 4 members (excludes halogenated alkanes) is 1. The molecule has 0 amide bonds. The van der Waals surface area contributed by atoms with Crippen LogP contribution in [0.3, 0.4) is 0 Å². The second-order valence-electron chi connectivity index (χ2n) is 4.54. The van der Waals surface area contributed by atoms with Crippen LogP contribution in [0, 0.1) is 0 Å². The van der Waals surface area contributed by atoms with E-state index >= 15 is 0 Å². The van der Waals surface area contributed by atoms with E-state index in [1.54, 1.807) is 0 Å². The Morgan fingerprint density at radius 1 is 1.47 bits per heavy atom. The minimum Gasteiger partial charge on any atom is -0.377 e. The lowest BCUT2D eigenvalue weighted by atomic mass is 9.88.